The molecule has 0 atom stereocenters. The van der Waals surface area contributed by atoms with Crippen LogP contribution < -0.4 is 0 Å². The number of hydrogen-bond acceptors (Lipinski definition) is 3. The third-order valence-corrected chi connectivity index (χ3v) is 3.66. The molecule has 0 aliphatic rings. The molecule has 1 heterocycles. The Kier molecular flexibility index (Phi) is 3.24. The molecule has 2 aromatic carbocycles. The van der Waals surface area contributed by atoms with Crippen LogP contribution >= 0.6 is 0 Å². The van der Waals surface area contributed by atoms with Gasteiger partial charge in [0.25, 0.3) is 0 Å². The second-order valence-electron chi connectivity index (χ2n) is 6.37. The summed E-state index contributed by atoms with van der Waals surface area (Å²) in [5, 5.41) is 19.6. The minimum Gasteiger partial charge on any atom is -0.505 e. The Bertz CT molecular complexity index is 823. The minimum absolute atomic E-state index is 0.190. The average molecular weight is 293 g/mol. The van der Waals surface area contributed by atoms with E-state index in [0.29, 0.717) is 5.69 Å². The van der Waals surface area contributed by atoms with Crippen molar-refractivity contribution < 1.29 is 5.11 Å². The van der Waals surface area contributed by atoms with Crippen LogP contribution in [0.3, 0.4) is 0 Å². The molecule has 0 saturated carbocycles. The number of aromatic hydroxyl groups is 1. The maximum absolute atomic E-state index is 10.7. The van der Waals surface area contributed by atoms with Crippen molar-refractivity contribution in [2.24, 2.45) is 0 Å². The summed E-state index contributed by atoms with van der Waals surface area (Å²) in [6, 6.07) is 11.4. The van der Waals surface area contributed by atoms with Gasteiger partial charge in [0.15, 0.2) is 0 Å². The number of phenols is 1. The summed E-state index contributed by atoms with van der Waals surface area (Å²) in [5.74, 6) is 0.207. The van der Waals surface area contributed by atoms with Crippen LogP contribution in [0.2, 0.25) is 0 Å². The van der Waals surface area contributed by atoms with Gasteiger partial charge in [0.1, 0.15) is 22.5 Å². The van der Waals surface area contributed by atoms with Crippen LogP contribution in [0.25, 0.3) is 22.8 Å². The predicted molar refractivity (Wildman–Crippen MR) is 89.3 cm³/mol. The Morgan fingerprint density at radius 1 is 1.09 bits per heavy atom. The van der Waals surface area contributed by atoms with E-state index in [1.165, 1.54) is 4.80 Å². The van der Waals surface area contributed by atoms with Crippen molar-refractivity contribution in [3.63, 3.8) is 0 Å². The Labute approximate surface area is 129 Å². The van der Waals surface area contributed by atoms with E-state index >= 15 is 0 Å². The summed E-state index contributed by atoms with van der Waals surface area (Å²) in [5.41, 5.74) is 3.75. The van der Waals surface area contributed by atoms with E-state index in [-0.39, 0.29) is 11.2 Å². The Balaban J connectivity index is 2.27. The summed E-state index contributed by atoms with van der Waals surface area (Å²) >= 11 is 0. The van der Waals surface area contributed by atoms with Gasteiger partial charge in [-0.25, -0.2) is 0 Å². The van der Waals surface area contributed by atoms with Gasteiger partial charge in [-0.2, -0.15) is 0 Å². The van der Waals surface area contributed by atoms with Crippen LogP contribution in [0.4, 0.5) is 0 Å². The van der Waals surface area contributed by atoms with E-state index in [9.17, 15) is 5.11 Å². The van der Waals surface area contributed by atoms with E-state index in [2.05, 4.69) is 37.5 Å². The Morgan fingerprint density at radius 3 is 2.18 bits per heavy atom. The van der Waals surface area contributed by atoms with Gasteiger partial charge >= 0.3 is 0 Å². The number of benzene rings is 2. The third kappa shape index (κ3) is 2.37. The number of nitrogens with zero attached hydrogens (tertiary/aromatic N) is 3. The molecule has 0 bridgehead atoms. The zero-order valence-corrected chi connectivity index (χ0v) is 13.0. The lowest BCUT2D eigenvalue weighted by Crippen LogP contribution is -2.13. The first-order valence-corrected chi connectivity index (χ1v) is 7.22. The standard InChI is InChI=1S/C18H19N3O/c1-5-12-10-13(18(2,3)4)17(22)16(11-12)21-19-14-8-6-7-9-15(14)20-21/h5-11,22H,1H2,2-4H3. The van der Waals surface area contributed by atoms with Crippen molar-refractivity contribution in [2.75, 3.05) is 0 Å². The second kappa shape index (κ2) is 4.98. The molecular formula is C18H19N3O. The van der Waals surface area contributed by atoms with E-state index in [4.69, 9.17) is 0 Å². The smallest absolute Gasteiger partial charge is 0.146 e. The van der Waals surface area contributed by atoms with Crippen molar-refractivity contribution in [3.05, 3.63) is 54.1 Å². The quantitative estimate of drug-likeness (QED) is 0.775. The van der Waals surface area contributed by atoms with Crippen LogP contribution in [0, 0.1) is 0 Å². The zero-order chi connectivity index (χ0) is 15.9. The van der Waals surface area contributed by atoms with E-state index in [1.807, 2.05) is 36.4 Å². The van der Waals surface area contributed by atoms with Gasteiger partial charge in [0.2, 0.25) is 0 Å². The number of phenolic OH excluding ortho intramolecular Hbond substituents is 1. The van der Waals surface area contributed by atoms with Crippen LogP contribution in [-0.4, -0.2) is 20.1 Å². The van der Waals surface area contributed by atoms with Gasteiger partial charge < -0.3 is 5.11 Å². The molecule has 0 radical (unpaired) electrons. The normalized spacial score (nSPS) is 11.8. The molecule has 4 heteroatoms. The van der Waals surface area contributed by atoms with E-state index < -0.39 is 0 Å². The molecule has 0 fully saturated rings. The molecule has 4 nitrogen and oxygen atoms in total. The first-order chi connectivity index (χ1) is 10.4. The van der Waals surface area contributed by atoms with Crippen LogP contribution in [0.5, 0.6) is 5.75 Å². The van der Waals surface area contributed by atoms with Crippen molar-refractivity contribution in [3.8, 4) is 11.4 Å². The lowest BCUT2D eigenvalue weighted by atomic mass is 9.85. The molecule has 3 rings (SSSR count). The van der Waals surface area contributed by atoms with E-state index in [1.54, 1.807) is 6.08 Å². The van der Waals surface area contributed by atoms with Crippen molar-refractivity contribution in [2.45, 2.75) is 26.2 Å². The monoisotopic (exact) mass is 293 g/mol. The SMILES string of the molecule is C=Cc1cc(-n2nc3ccccc3n2)c(O)c(C(C)(C)C)c1. The fraction of sp³-hybridized carbons (Fsp3) is 0.222. The molecule has 0 saturated heterocycles. The second-order valence-corrected chi connectivity index (χ2v) is 6.37. The molecule has 3 aromatic rings. The van der Waals surface area contributed by atoms with Crippen LogP contribution in [0.15, 0.2) is 43.0 Å². The molecular weight excluding hydrogens is 274 g/mol. The summed E-state index contributed by atoms with van der Waals surface area (Å²) in [6.07, 6.45) is 1.77. The van der Waals surface area contributed by atoms with Gasteiger partial charge in [-0.15, -0.1) is 15.0 Å². The Hall–Kier alpha value is -2.62. The first kappa shape index (κ1) is 14.3. The molecule has 0 aliphatic carbocycles. The lowest BCUT2D eigenvalue weighted by molar-refractivity contribution is 0.440. The molecule has 0 aliphatic heterocycles. The van der Waals surface area contributed by atoms with Gasteiger partial charge in [0, 0.05) is 5.56 Å². The molecule has 0 amide bonds. The number of hydrogen-bond donors (Lipinski definition) is 1. The zero-order valence-electron chi connectivity index (χ0n) is 13.0. The van der Waals surface area contributed by atoms with Gasteiger partial charge in [0.05, 0.1) is 0 Å². The minimum atomic E-state index is -0.190. The molecule has 0 spiro atoms. The Morgan fingerprint density at radius 2 is 1.68 bits per heavy atom. The molecule has 22 heavy (non-hydrogen) atoms. The number of rotatable bonds is 2. The largest absolute Gasteiger partial charge is 0.505 e. The highest BCUT2D eigenvalue weighted by Crippen LogP contribution is 2.36. The van der Waals surface area contributed by atoms with Crippen LogP contribution in [0.1, 0.15) is 31.9 Å². The summed E-state index contributed by atoms with van der Waals surface area (Å²) in [4.78, 5) is 1.49. The number of fused-ring (bicyclic) bond motifs is 1. The predicted octanol–water partition coefficient (Wildman–Crippen LogP) is 4.07. The van der Waals surface area contributed by atoms with Crippen molar-refractivity contribution in [1.82, 2.24) is 15.0 Å². The lowest BCUT2D eigenvalue weighted by Gasteiger charge is -2.22. The molecule has 1 N–H and O–H groups in total. The maximum atomic E-state index is 10.7. The topological polar surface area (TPSA) is 50.9 Å². The van der Waals surface area contributed by atoms with Gasteiger partial charge in [-0.3, -0.25) is 0 Å². The molecule has 1 aromatic heterocycles. The first-order valence-electron chi connectivity index (χ1n) is 7.22. The fourth-order valence-corrected chi connectivity index (χ4v) is 2.45. The maximum Gasteiger partial charge on any atom is 0.146 e. The third-order valence-electron chi connectivity index (χ3n) is 3.66. The highest BCUT2D eigenvalue weighted by molar-refractivity contribution is 5.74. The van der Waals surface area contributed by atoms with Crippen molar-refractivity contribution in [1.29, 1.82) is 0 Å². The summed E-state index contributed by atoms with van der Waals surface area (Å²) in [6.45, 7) is 10.0. The molecule has 0 unspecified atom stereocenters. The highest BCUT2D eigenvalue weighted by Gasteiger charge is 2.22. The number of aromatic nitrogens is 3. The van der Waals surface area contributed by atoms with Crippen LogP contribution in [-0.2, 0) is 5.41 Å². The van der Waals surface area contributed by atoms with Crippen molar-refractivity contribution >= 4 is 17.1 Å². The summed E-state index contributed by atoms with van der Waals surface area (Å²) in [7, 11) is 0. The average Bonchev–Trinajstić information content (AvgIpc) is 2.90. The summed E-state index contributed by atoms with van der Waals surface area (Å²) < 4.78 is 0. The van der Waals surface area contributed by atoms with E-state index in [0.717, 1.165) is 22.2 Å². The fourth-order valence-electron chi connectivity index (χ4n) is 2.45. The van der Waals surface area contributed by atoms with Gasteiger partial charge in [-0.1, -0.05) is 45.6 Å². The van der Waals surface area contributed by atoms with Gasteiger partial charge in [-0.05, 0) is 35.2 Å². The molecule has 112 valence electrons. The highest BCUT2D eigenvalue weighted by atomic mass is 16.3.